The van der Waals surface area contributed by atoms with Gasteiger partial charge in [-0.25, -0.2) is 4.79 Å². The molecule has 3 heteroatoms. The fraction of sp³-hybridized carbons (Fsp3) is 0.591. The first-order chi connectivity index (χ1) is 12.2. The smallest absolute Gasteiger partial charge is 0.337 e. The van der Waals surface area contributed by atoms with E-state index in [-0.39, 0.29) is 5.97 Å². The Morgan fingerprint density at radius 3 is 2.20 bits per heavy atom. The van der Waals surface area contributed by atoms with Crippen LogP contribution >= 0.6 is 0 Å². The van der Waals surface area contributed by atoms with Crippen molar-refractivity contribution in [2.24, 2.45) is 0 Å². The van der Waals surface area contributed by atoms with Gasteiger partial charge in [-0.1, -0.05) is 64.7 Å². The number of aryl methyl sites for hydroxylation is 1. The average Bonchev–Trinajstić information content (AvgIpc) is 3.04. The van der Waals surface area contributed by atoms with Crippen LogP contribution in [-0.2, 0) is 11.2 Å². The van der Waals surface area contributed by atoms with Crippen LogP contribution in [0.15, 0.2) is 24.3 Å². The lowest BCUT2D eigenvalue weighted by Gasteiger charge is -2.02. The number of hydrogen-bond donors (Lipinski definition) is 1. The lowest BCUT2D eigenvalue weighted by Crippen LogP contribution is -2.00. The minimum absolute atomic E-state index is 0.278. The molecule has 1 aromatic heterocycles. The zero-order valence-corrected chi connectivity index (χ0v) is 15.9. The molecule has 0 aliphatic carbocycles. The van der Waals surface area contributed by atoms with Gasteiger partial charge in [-0.3, -0.25) is 0 Å². The van der Waals surface area contributed by atoms with Crippen LogP contribution < -0.4 is 0 Å². The predicted molar refractivity (Wildman–Crippen MR) is 105 cm³/mol. The second-order valence-corrected chi connectivity index (χ2v) is 7.02. The second-order valence-electron chi connectivity index (χ2n) is 7.02. The van der Waals surface area contributed by atoms with E-state index in [9.17, 15) is 4.79 Å². The number of benzene rings is 1. The Hall–Kier alpha value is -1.77. The number of fused-ring (bicyclic) bond motifs is 1. The molecular formula is C22H33NO2. The molecule has 0 saturated heterocycles. The van der Waals surface area contributed by atoms with Crippen molar-refractivity contribution in [3.63, 3.8) is 0 Å². The highest BCUT2D eigenvalue weighted by molar-refractivity contribution is 5.94. The Balaban J connectivity index is 1.65. The summed E-state index contributed by atoms with van der Waals surface area (Å²) in [5, 5.41) is 1.09. The van der Waals surface area contributed by atoms with Crippen molar-refractivity contribution in [3.8, 4) is 0 Å². The number of H-pyrrole nitrogens is 1. The van der Waals surface area contributed by atoms with E-state index in [0.717, 1.165) is 17.3 Å². The van der Waals surface area contributed by atoms with Gasteiger partial charge in [-0.05, 0) is 37.1 Å². The number of carbonyl (C=O) groups excluding carboxylic acids is 1. The Labute approximate surface area is 152 Å². The van der Waals surface area contributed by atoms with Gasteiger partial charge in [0.25, 0.3) is 0 Å². The van der Waals surface area contributed by atoms with Gasteiger partial charge in [0.15, 0.2) is 0 Å². The number of nitrogens with one attached hydrogen (secondary N) is 1. The Morgan fingerprint density at radius 1 is 0.920 bits per heavy atom. The molecule has 25 heavy (non-hydrogen) atoms. The van der Waals surface area contributed by atoms with Gasteiger partial charge in [-0.15, -0.1) is 0 Å². The maximum atomic E-state index is 11.6. The molecule has 2 rings (SSSR count). The van der Waals surface area contributed by atoms with Gasteiger partial charge >= 0.3 is 5.97 Å². The minimum atomic E-state index is -0.278. The molecule has 0 spiro atoms. The summed E-state index contributed by atoms with van der Waals surface area (Å²) in [5.41, 5.74) is 2.96. The summed E-state index contributed by atoms with van der Waals surface area (Å²) < 4.78 is 4.78. The number of carbonyl (C=O) groups is 1. The Bertz CT molecular complexity index is 645. The van der Waals surface area contributed by atoms with E-state index in [1.807, 2.05) is 18.2 Å². The van der Waals surface area contributed by atoms with Crippen LogP contribution in [0.5, 0.6) is 0 Å². The molecule has 1 N–H and O–H groups in total. The van der Waals surface area contributed by atoms with Crippen LogP contribution in [0.25, 0.3) is 10.9 Å². The molecule has 0 unspecified atom stereocenters. The zero-order valence-electron chi connectivity index (χ0n) is 15.9. The molecular weight excluding hydrogens is 310 g/mol. The van der Waals surface area contributed by atoms with E-state index in [4.69, 9.17) is 4.74 Å². The third kappa shape index (κ3) is 6.56. The molecule has 0 fully saturated rings. The van der Waals surface area contributed by atoms with Gasteiger partial charge in [0.1, 0.15) is 0 Å². The highest BCUT2D eigenvalue weighted by Crippen LogP contribution is 2.19. The third-order valence-electron chi connectivity index (χ3n) is 4.90. The van der Waals surface area contributed by atoms with Crippen LogP contribution in [0.1, 0.15) is 87.2 Å². The third-order valence-corrected chi connectivity index (χ3v) is 4.90. The first-order valence-electron chi connectivity index (χ1n) is 9.94. The molecule has 0 amide bonds. The van der Waals surface area contributed by atoms with E-state index in [0.29, 0.717) is 5.56 Å². The van der Waals surface area contributed by atoms with Gasteiger partial charge in [0.2, 0.25) is 0 Å². The van der Waals surface area contributed by atoms with Crippen LogP contribution in [0, 0.1) is 0 Å². The standard InChI is InChI=1S/C22H33NO2/c1-3-4-5-6-7-8-9-10-11-12-13-20-17-19-16-18(22(24)25-2)14-15-21(19)23-20/h14-17,23H,3-13H2,1-2H3. The number of unbranched alkanes of at least 4 members (excludes halogenated alkanes) is 9. The van der Waals surface area contributed by atoms with Crippen molar-refractivity contribution in [1.29, 1.82) is 0 Å². The van der Waals surface area contributed by atoms with Crippen molar-refractivity contribution in [1.82, 2.24) is 4.98 Å². The number of methoxy groups -OCH3 is 1. The van der Waals surface area contributed by atoms with Gasteiger partial charge in [0.05, 0.1) is 12.7 Å². The van der Waals surface area contributed by atoms with Crippen LogP contribution in [-0.4, -0.2) is 18.1 Å². The van der Waals surface area contributed by atoms with Crippen molar-refractivity contribution in [2.45, 2.75) is 77.6 Å². The summed E-state index contributed by atoms with van der Waals surface area (Å²) >= 11 is 0. The van der Waals surface area contributed by atoms with Crippen molar-refractivity contribution < 1.29 is 9.53 Å². The van der Waals surface area contributed by atoms with E-state index in [1.165, 1.54) is 77.0 Å². The zero-order chi connectivity index (χ0) is 17.9. The molecule has 0 atom stereocenters. The summed E-state index contributed by atoms with van der Waals surface area (Å²) in [5.74, 6) is -0.278. The molecule has 3 nitrogen and oxygen atoms in total. The quantitative estimate of drug-likeness (QED) is 0.357. The molecule has 0 bridgehead atoms. The summed E-state index contributed by atoms with van der Waals surface area (Å²) in [6.45, 7) is 2.27. The number of ether oxygens (including phenoxy) is 1. The van der Waals surface area contributed by atoms with Gasteiger partial charge in [0, 0.05) is 16.6 Å². The summed E-state index contributed by atoms with van der Waals surface area (Å²) in [6.07, 6.45) is 14.7. The first-order valence-corrected chi connectivity index (χ1v) is 9.94. The lowest BCUT2D eigenvalue weighted by atomic mass is 10.1. The SMILES string of the molecule is CCCCCCCCCCCCc1cc2cc(C(=O)OC)ccc2[nH]1. The van der Waals surface area contributed by atoms with Gasteiger partial charge in [-0.2, -0.15) is 0 Å². The number of aromatic nitrogens is 1. The normalized spacial score (nSPS) is 11.1. The van der Waals surface area contributed by atoms with Crippen LogP contribution in [0.2, 0.25) is 0 Å². The fourth-order valence-electron chi connectivity index (χ4n) is 3.38. The largest absolute Gasteiger partial charge is 0.465 e. The highest BCUT2D eigenvalue weighted by Gasteiger charge is 2.07. The molecule has 138 valence electrons. The molecule has 0 aliphatic heterocycles. The molecule has 0 saturated carbocycles. The van der Waals surface area contributed by atoms with E-state index < -0.39 is 0 Å². The first kappa shape index (κ1) is 19.6. The Morgan fingerprint density at radius 2 is 1.56 bits per heavy atom. The summed E-state index contributed by atoms with van der Waals surface area (Å²) in [6, 6.07) is 7.84. The number of esters is 1. The van der Waals surface area contributed by atoms with Crippen molar-refractivity contribution >= 4 is 16.9 Å². The van der Waals surface area contributed by atoms with E-state index in [2.05, 4.69) is 18.0 Å². The van der Waals surface area contributed by atoms with E-state index >= 15 is 0 Å². The maximum absolute atomic E-state index is 11.6. The second kappa shape index (κ2) is 11.0. The highest BCUT2D eigenvalue weighted by atomic mass is 16.5. The number of hydrogen-bond acceptors (Lipinski definition) is 2. The molecule has 1 aromatic carbocycles. The number of rotatable bonds is 12. The fourth-order valence-corrected chi connectivity index (χ4v) is 3.38. The van der Waals surface area contributed by atoms with Gasteiger partial charge < -0.3 is 9.72 Å². The lowest BCUT2D eigenvalue weighted by molar-refractivity contribution is 0.0601. The molecule has 2 aromatic rings. The predicted octanol–water partition coefficient (Wildman–Crippen LogP) is 6.42. The number of aromatic amines is 1. The average molecular weight is 344 g/mol. The molecule has 1 heterocycles. The van der Waals surface area contributed by atoms with E-state index in [1.54, 1.807) is 0 Å². The molecule has 0 radical (unpaired) electrons. The Kier molecular flexibility index (Phi) is 8.58. The van der Waals surface area contributed by atoms with Crippen LogP contribution in [0.4, 0.5) is 0 Å². The van der Waals surface area contributed by atoms with Crippen molar-refractivity contribution in [3.05, 3.63) is 35.5 Å². The molecule has 0 aliphatic rings. The summed E-state index contributed by atoms with van der Waals surface area (Å²) in [4.78, 5) is 15.1. The summed E-state index contributed by atoms with van der Waals surface area (Å²) in [7, 11) is 1.42. The minimum Gasteiger partial charge on any atom is -0.465 e. The maximum Gasteiger partial charge on any atom is 0.337 e. The van der Waals surface area contributed by atoms with Crippen LogP contribution in [0.3, 0.4) is 0 Å². The monoisotopic (exact) mass is 343 g/mol. The van der Waals surface area contributed by atoms with Crippen molar-refractivity contribution in [2.75, 3.05) is 7.11 Å². The topological polar surface area (TPSA) is 42.1 Å².